The van der Waals surface area contributed by atoms with Gasteiger partial charge in [-0.15, -0.1) is 0 Å². The Kier molecular flexibility index (Phi) is 4.94. The topological polar surface area (TPSA) is 96.6 Å². The first-order chi connectivity index (χ1) is 11.6. The average molecular weight is 328 g/mol. The van der Waals surface area contributed by atoms with E-state index in [0.29, 0.717) is 25.8 Å². The van der Waals surface area contributed by atoms with Gasteiger partial charge in [0.05, 0.1) is 11.6 Å². The van der Waals surface area contributed by atoms with Crippen molar-refractivity contribution in [2.45, 2.75) is 45.1 Å². The van der Waals surface area contributed by atoms with E-state index in [0.717, 1.165) is 35.2 Å². The SMILES string of the molecule is CCCCNC(=O)C1Cc2cc(C3=NNC(=O)CC3)ccc2C1N. The van der Waals surface area contributed by atoms with Crippen LogP contribution < -0.4 is 16.5 Å². The first-order valence-corrected chi connectivity index (χ1v) is 8.62. The van der Waals surface area contributed by atoms with Crippen LogP contribution in [0.4, 0.5) is 0 Å². The summed E-state index contributed by atoms with van der Waals surface area (Å²) >= 11 is 0. The van der Waals surface area contributed by atoms with Gasteiger partial charge < -0.3 is 11.1 Å². The first kappa shape index (κ1) is 16.6. The highest BCUT2D eigenvalue weighted by molar-refractivity contribution is 6.04. The zero-order valence-corrected chi connectivity index (χ0v) is 14.0. The number of rotatable bonds is 5. The molecule has 2 unspecified atom stereocenters. The van der Waals surface area contributed by atoms with Gasteiger partial charge in [0.1, 0.15) is 0 Å². The molecule has 1 aliphatic heterocycles. The second-order valence-electron chi connectivity index (χ2n) is 6.49. The predicted octanol–water partition coefficient (Wildman–Crippen LogP) is 1.39. The summed E-state index contributed by atoms with van der Waals surface area (Å²) in [7, 11) is 0. The number of carbonyl (C=O) groups excluding carboxylic acids is 2. The molecule has 24 heavy (non-hydrogen) atoms. The van der Waals surface area contributed by atoms with E-state index in [9.17, 15) is 9.59 Å². The Morgan fingerprint density at radius 3 is 2.96 bits per heavy atom. The predicted molar refractivity (Wildman–Crippen MR) is 92.4 cm³/mol. The van der Waals surface area contributed by atoms with E-state index in [1.807, 2.05) is 12.1 Å². The van der Waals surface area contributed by atoms with Gasteiger partial charge in [-0.1, -0.05) is 25.5 Å². The molecule has 3 rings (SSSR count). The van der Waals surface area contributed by atoms with E-state index in [1.165, 1.54) is 0 Å². The van der Waals surface area contributed by atoms with Crippen molar-refractivity contribution in [3.8, 4) is 0 Å². The van der Waals surface area contributed by atoms with E-state index >= 15 is 0 Å². The summed E-state index contributed by atoms with van der Waals surface area (Å²) in [6.07, 6.45) is 3.78. The lowest BCUT2D eigenvalue weighted by molar-refractivity contribution is -0.125. The minimum absolute atomic E-state index is 0.0379. The molecule has 6 heteroatoms. The van der Waals surface area contributed by atoms with Crippen molar-refractivity contribution in [3.63, 3.8) is 0 Å². The number of hydrogen-bond donors (Lipinski definition) is 3. The largest absolute Gasteiger partial charge is 0.356 e. The van der Waals surface area contributed by atoms with Crippen LogP contribution in [0, 0.1) is 5.92 Å². The Hall–Kier alpha value is -2.21. The molecule has 1 aliphatic carbocycles. The van der Waals surface area contributed by atoms with Gasteiger partial charge in [-0.3, -0.25) is 9.59 Å². The third-order valence-corrected chi connectivity index (χ3v) is 4.78. The molecule has 2 amide bonds. The lowest BCUT2D eigenvalue weighted by Gasteiger charge is -2.16. The number of fused-ring (bicyclic) bond motifs is 1. The van der Waals surface area contributed by atoms with Crippen LogP contribution in [-0.4, -0.2) is 24.1 Å². The highest BCUT2D eigenvalue weighted by atomic mass is 16.2. The van der Waals surface area contributed by atoms with Crippen molar-refractivity contribution in [2.75, 3.05) is 6.54 Å². The molecule has 4 N–H and O–H groups in total. The van der Waals surface area contributed by atoms with Crippen molar-refractivity contribution >= 4 is 17.5 Å². The molecular formula is C18H24N4O2. The lowest BCUT2D eigenvalue weighted by atomic mass is 9.99. The molecular weight excluding hydrogens is 304 g/mol. The molecule has 128 valence electrons. The minimum Gasteiger partial charge on any atom is -0.356 e. The second-order valence-corrected chi connectivity index (χ2v) is 6.49. The van der Waals surface area contributed by atoms with Crippen molar-refractivity contribution < 1.29 is 9.59 Å². The Morgan fingerprint density at radius 1 is 1.42 bits per heavy atom. The molecule has 0 radical (unpaired) electrons. The molecule has 0 spiro atoms. The van der Waals surface area contributed by atoms with Crippen LogP contribution >= 0.6 is 0 Å². The molecule has 0 saturated carbocycles. The number of carbonyl (C=O) groups is 2. The Balaban J connectivity index is 1.73. The number of hydrazone groups is 1. The highest BCUT2D eigenvalue weighted by Crippen LogP contribution is 2.35. The molecule has 6 nitrogen and oxygen atoms in total. The quantitative estimate of drug-likeness (QED) is 0.713. The van der Waals surface area contributed by atoms with Crippen molar-refractivity contribution in [3.05, 3.63) is 34.9 Å². The van der Waals surface area contributed by atoms with Gasteiger partial charge in [-0.25, -0.2) is 5.43 Å². The van der Waals surface area contributed by atoms with E-state index in [1.54, 1.807) is 0 Å². The van der Waals surface area contributed by atoms with Crippen molar-refractivity contribution in [2.24, 2.45) is 16.8 Å². The van der Waals surface area contributed by atoms with Gasteiger partial charge in [0.25, 0.3) is 0 Å². The molecule has 0 aromatic heterocycles. The molecule has 1 aromatic rings. The smallest absolute Gasteiger partial charge is 0.240 e. The summed E-state index contributed by atoms with van der Waals surface area (Å²) < 4.78 is 0. The maximum Gasteiger partial charge on any atom is 0.240 e. The summed E-state index contributed by atoms with van der Waals surface area (Å²) in [6.45, 7) is 2.80. The van der Waals surface area contributed by atoms with Crippen molar-refractivity contribution in [1.29, 1.82) is 0 Å². The highest BCUT2D eigenvalue weighted by Gasteiger charge is 2.35. The molecule has 0 bridgehead atoms. The Bertz CT molecular complexity index is 684. The fourth-order valence-electron chi connectivity index (χ4n) is 3.33. The van der Waals surface area contributed by atoms with Gasteiger partial charge in [-0.2, -0.15) is 5.10 Å². The summed E-state index contributed by atoms with van der Waals surface area (Å²) in [6, 6.07) is 5.77. The monoisotopic (exact) mass is 328 g/mol. The van der Waals surface area contributed by atoms with Crippen LogP contribution in [-0.2, 0) is 16.0 Å². The maximum absolute atomic E-state index is 12.4. The molecule has 0 saturated heterocycles. The molecule has 2 atom stereocenters. The lowest BCUT2D eigenvalue weighted by Crippen LogP contribution is -2.35. The summed E-state index contributed by atoms with van der Waals surface area (Å²) in [5.74, 6) is -0.221. The summed E-state index contributed by atoms with van der Waals surface area (Å²) in [4.78, 5) is 23.6. The number of benzene rings is 1. The number of nitrogens with one attached hydrogen (secondary N) is 2. The van der Waals surface area contributed by atoms with E-state index in [-0.39, 0.29) is 23.8 Å². The minimum atomic E-state index is -0.260. The van der Waals surface area contributed by atoms with Gasteiger partial charge in [0, 0.05) is 25.4 Å². The van der Waals surface area contributed by atoms with Crippen LogP contribution in [0.3, 0.4) is 0 Å². The van der Waals surface area contributed by atoms with Crippen LogP contribution in [0.15, 0.2) is 23.3 Å². The zero-order valence-electron chi connectivity index (χ0n) is 14.0. The average Bonchev–Trinajstić information content (AvgIpc) is 2.92. The van der Waals surface area contributed by atoms with E-state index in [4.69, 9.17) is 5.73 Å². The normalized spacial score (nSPS) is 22.6. The molecule has 1 aromatic carbocycles. The van der Waals surface area contributed by atoms with E-state index in [2.05, 4.69) is 28.8 Å². The van der Waals surface area contributed by atoms with Crippen LogP contribution in [0.5, 0.6) is 0 Å². The summed E-state index contributed by atoms with van der Waals surface area (Å²) in [5.41, 5.74) is 12.8. The van der Waals surface area contributed by atoms with Gasteiger partial charge in [0.15, 0.2) is 0 Å². The standard InChI is InChI=1S/C18H24N4O2/c1-2-3-8-20-18(24)14-10-12-9-11(4-5-13(12)17(14)19)15-6-7-16(23)22-21-15/h4-5,9,14,17H,2-3,6-8,10,19H2,1H3,(H,20,24)(H,22,23). The Labute approximate surface area is 141 Å². The summed E-state index contributed by atoms with van der Waals surface area (Å²) in [5, 5.41) is 7.12. The van der Waals surface area contributed by atoms with E-state index < -0.39 is 0 Å². The van der Waals surface area contributed by atoms with Gasteiger partial charge in [-0.05, 0) is 35.6 Å². The van der Waals surface area contributed by atoms with Gasteiger partial charge in [0.2, 0.25) is 11.8 Å². The maximum atomic E-state index is 12.4. The third kappa shape index (κ3) is 3.33. The molecule has 2 aliphatic rings. The first-order valence-electron chi connectivity index (χ1n) is 8.62. The zero-order chi connectivity index (χ0) is 17.1. The Morgan fingerprint density at radius 2 is 2.25 bits per heavy atom. The number of hydrogen-bond acceptors (Lipinski definition) is 4. The fourth-order valence-corrected chi connectivity index (χ4v) is 3.33. The number of unbranched alkanes of at least 4 members (excludes halogenated alkanes) is 1. The fraction of sp³-hybridized carbons (Fsp3) is 0.500. The van der Waals surface area contributed by atoms with Crippen LogP contribution in [0.1, 0.15) is 55.3 Å². The molecule has 0 fully saturated rings. The van der Waals surface area contributed by atoms with Crippen molar-refractivity contribution in [1.82, 2.24) is 10.7 Å². The van der Waals surface area contributed by atoms with Gasteiger partial charge >= 0.3 is 0 Å². The number of amides is 2. The number of nitrogens with zero attached hydrogens (tertiary/aromatic N) is 1. The molecule has 1 heterocycles. The number of nitrogens with two attached hydrogens (primary N) is 1. The van der Waals surface area contributed by atoms with Crippen LogP contribution in [0.25, 0.3) is 0 Å². The second kappa shape index (κ2) is 7.13. The van der Waals surface area contributed by atoms with Crippen LogP contribution in [0.2, 0.25) is 0 Å². The third-order valence-electron chi connectivity index (χ3n) is 4.78.